The van der Waals surface area contributed by atoms with Crippen LogP contribution in [-0.4, -0.2) is 18.1 Å². The van der Waals surface area contributed by atoms with Crippen LogP contribution in [-0.2, 0) is 0 Å². The van der Waals surface area contributed by atoms with Crippen molar-refractivity contribution in [1.29, 1.82) is 0 Å². The summed E-state index contributed by atoms with van der Waals surface area (Å²) in [5.41, 5.74) is 11.4. The summed E-state index contributed by atoms with van der Waals surface area (Å²) < 4.78 is 5.28. The van der Waals surface area contributed by atoms with Crippen molar-refractivity contribution >= 4 is 29.7 Å². The second-order valence-electron chi connectivity index (χ2n) is 4.24. The normalized spacial score (nSPS) is 10.4. The molecule has 0 radical (unpaired) electrons. The van der Waals surface area contributed by atoms with Gasteiger partial charge in [-0.1, -0.05) is 23.7 Å². The average Bonchev–Trinajstić information content (AvgIpc) is 2.48. The van der Waals surface area contributed by atoms with E-state index in [1.54, 1.807) is 48.5 Å². The monoisotopic (exact) mass is 316 g/mol. The van der Waals surface area contributed by atoms with Crippen molar-refractivity contribution in [2.45, 2.75) is 0 Å². The first-order valence-corrected chi connectivity index (χ1v) is 6.62. The first-order chi connectivity index (χ1) is 10.5. The Morgan fingerprint density at radius 2 is 1.86 bits per heavy atom. The lowest BCUT2D eigenvalue weighted by atomic mass is 10.2. The summed E-state index contributed by atoms with van der Waals surface area (Å²) >= 11 is 5.77. The van der Waals surface area contributed by atoms with Gasteiger partial charge in [-0.3, -0.25) is 0 Å². The lowest BCUT2D eigenvalue weighted by Crippen LogP contribution is -2.21. The van der Waals surface area contributed by atoms with Gasteiger partial charge in [0.1, 0.15) is 5.75 Å². The van der Waals surface area contributed by atoms with Gasteiger partial charge in [0.2, 0.25) is 5.96 Å². The van der Waals surface area contributed by atoms with Gasteiger partial charge in [-0.15, -0.1) is 5.10 Å². The average molecular weight is 317 g/mol. The second kappa shape index (κ2) is 7.24. The van der Waals surface area contributed by atoms with E-state index >= 15 is 0 Å². The minimum Gasteiger partial charge on any atom is -0.423 e. The van der Waals surface area contributed by atoms with Gasteiger partial charge >= 0.3 is 5.97 Å². The van der Waals surface area contributed by atoms with E-state index < -0.39 is 5.97 Å². The SMILES string of the molecule is NC(N)=NN=Cc1cccc(OC(=O)c2ccc(Cl)cc2)c1. The predicted octanol–water partition coefficient (Wildman–Crippen LogP) is 2.17. The number of benzene rings is 2. The number of carbonyl (C=O) groups excluding carboxylic acids is 1. The highest BCUT2D eigenvalue weighted by molar-refractivity contribution is 6.30. The highest BCUT2D eigenvalue weighted by Crippen LogP contribution is 2.16. The molecule has 0 aliphatic carbocycles. The van der Waals surface area contributed by atoms with E-state index in [0.717, 1.165) is 0 Å². The Balaban J connectivity index is 2.10. The number of carbonyl (C=O) groups is 1. The van der Waals surface area contributed by atoms with Crippen LogP contribution in [0.3, 0.4) is 0 Å². The van der Waals surface area contributed by atoms with Crippen LogP contribution in [0.2, 0.25) is 5.02 Å². The molecule has 112 valence electrons. The largest absolute Gasteiger partial charge is 0.423 e. The number of guanidine groups is 1. The van der Waals surface area contributed by atoms with Crippen molar-refractivity contribution in [3.8, 4) is 5.75 Å². The molecule has 22 heavy (non-hydrogen) atoms. The smallest absolute Gasteiger partial charge is 0.343 e. The third-order valence-corrected chi connectivity index (χ3v) is 2.78. The third-order valence-electron chi connectivity index (χ3n) is 2.53. The number of hydrogen-bond donors (Lipinski definition) is 2. The van der Waals surface area contributed by atoms with Gasteiger partial charge in [0.05, 0.1) is 11.8 Å². The number of nitrogens with two attached hydrogens (primary N) is 2. The fourth-order valence-corrected chi connectivity index (χ4v) is 1.70. The number of nitrogens with zero attached hydrogens (tertiary/aromatic N) is 2. The van der Waals surface area contributed by atoms with Crippen LogP contribution in [0.15, 0.2) is 58.7 Å². The molecule has 2 rings (SSSR count). The van der Waals surface area contributed by atoms with Crippen LogP contribution in [0, 0.1) is 0 Å². The summed E-state index contributed by atoms with van der Waals surface area (Å²) in [5, 5.41) is 7.73. The van der Waals surface area contributed by atoms with E-state index in [1.165, 1.54) is 6.21 Å². The Morgan fingerprint density at radius 1 is 1.14 bits per heavy atom. The molecule has 2 aromatic rings. The van der Waals surface area contributed by atoms with Crippen molar-refractivity contribution < 1.29 is 9.53 Å². The van der Waals surface area contributed by atoms with Gasteiger partial charge in [0, 0.05) is 5.02 Å². The van der Waals surface area contributed by atoms with Crippen LogP contribution in [0.4, 0.5) is 0 Å². The Kier molecular flexibility index (Phi) is 5.11. The molecular weight excluding hydrogens is 304 g/mol. The fourth-order valence-electron chi connectivity index (χ4n) is 1.57. The van der Waals surface area contributed by atoms with Crippen LogP contribution in [0.25, 0.3) is 0 Å². The number of ether oxygens (including phenoxy) is 1. The Labute approximate surface area is 132 Å². The van der Waals surface area contributed by atoms with Crippen molar-refractivity contribution in [3.63, 3.8) is 0 Å². The number of halogens is 1. The van der Waals surface area contributed by atoms with E-state index in [0.29, 0.717) is 21.9 Å². The zero-order chi connectivity index (χ0) is 15.9. The first-order valence-electron chi connectivity index (χ1n) is 6.24. The van der Waals surface area contributed by atoms with E-state index in [4.69, 9.17) is 27.8 Å². The summed E-state index contributed by atoms with van der Waals surface area (Å²) in [4.78, 5) is 12.0. The molecule has 0 bridgehead atoms. The molecule has 4 N–H and O–H groups in total. The minimum atomic E-state index is -0.477. The summed E-state index contributed by atoms with van der Waals surface area (Å²) in [5.74, 6) is -0.231. The van der Waals surface area contributed by atoms with Gasteiger partial charge in [-0.05, 0) is 42.0 Å². The van der Waals surface area contributed by atoms with E-state index in [2.05, 4.69) is 10.2 Å². The molecule has 0 unspecified atom stereocenters. The van der Waals surface area contributed by atoms with Gasteiger partial charge in [0.15, 0.2) is 0 Å². The zero-order valence-electron chi connectivity index (χ0n) is 11.4. The van der Waals surface area contributed by atoms with Gasteiger partial charge < -0.3 is 16.2 Å². The predicted molar refractivity (Wildman–Crippen MR) is 86.3 cm³/mol. The maximum Gasteiger partial charge on any atom is 0.343 e. The summed E-state index contributed by atoms with van der Waals surface area (Å²) in [6.45, 7) is 0. The first kappa shape index (κ1) is 15.5. The van der Waals surface area contributed by atoms with Crippen LogP contribution in [0.5, 0.6) is 5.75 Å². The standard InChI is InChI=1S/C15H13ClN4O2/c16-12-6-4-11(5-7-12)14(21)22-13-3-1-2-10(8-13)9-19-20-15(17)18/h1-9H,(H4,17,18,20). The Bertz CT molecular complexity index is 723. The maximum atomic E-state index is 12.0. The molecule has 0 atom stereocenters. The van der Waals surface area contributed by atoms with Gasteiger partial charge in [-0.25, -0.2) is 4.79 Å². The van der Waals surface area contributed by atoms with Crippen LogP contribution >= 0.6 is 11.6 Å². The molecule has 0 saturated carbocycles. The molecular formula is C15H13ClN4O2. The molecule has 0 aromatic heterocycles. The topological polar surface area (TPSA) is 103 Å². The van der Waals surface area contributed by atoms with Crippen LogP contribution < -0.4 is 16.2 Å². The quantitative estimate of drug-likeness (QED) is 0.296. The van der Waals surface area contributed by atoms with E-state index in [-0.39, 0.29) is 5.96 Å². The summed E-state index contributed by atoms with van der Waals surface area (Å²) in [6.07, 6.45) is 1.44. The van der Waals surface area contributed by atoms with Crippen molar-refractivity contribution in [2.24, 2.45) is 21.7 Å². The fraction of sp³-hybridized carbons (Fsp3) is 0. The molecule has 0 heterocycles. The number of esters is 1. The summed E-state index contributed by atoms with van der Waals surface area (Å²) in [7, 11) is 0. The lowest BCUT2D eigenvalue weighted by Gasteiger charge is -2.05. The molecule has 0 spiro atoms. The Hall–Kier alpha value is -2.86. The molecule has 6 nitrogen and oxygen atoms in total. The van der Waals surface area contributed by atoms with Crippen molar-refractivity contribution in [1.82, 2.24) is 0 Å². The molecule has 0 fully saturated rings. The van der Waals surface area contributed by atoms with Crippen molar-refractivity contribution in [3.05, 3.63) is 64.7 Å². The Morgan fingerprint density at radius 3 is 2.55 bits per heavy atom. The van der Waals surface area contributed by atoms with Gasteiger partial charge in [-0.2, -0.15) is 5.10 Å². The molecule has 0 aliphatic rings. The van der Waals surface area contributed by atoms with E-state index in [9.17, 15) is 4.79 Å². The maximum absolute atomic E-state index is 12.0. The minimum absolute atomic E-state index is 0.137. The molecule has 7 heteroatoms. The molecule has 0 amide bonds. The highest BCUT2D eigenvalue weighted by atomic mass is 35.5. The van der Waals surface area contributed by atoms with Gasteiger partial charge in [0.25, 0.3) is 0 Å². The van der Waals surface area contributed by atoms with Crippen LogP contribution in [0.1, 0.15) is 15.9 Å². The number of rotatable bonds is 4. The van der Waals surface area contributed by atoms with E-state index in [1.807, 2.05) is 0 Å². The van der Waals surface area contributed by atoms with Crippen molar-refractivity contribution in [2.75, 3.05) is 0 Å². The summed E-state index contributed by atoms with van der Waals surface area (Å²) in [6, 6.07) is 13.2. The molecule has 0 saturated heterocycles. The second-order valence-corrected chi connectivity index (χ2v) is 4.67. The lowest BCUT2D eigenvalue weighted by molar-refractivity contribution is 0.0735. The molecule has 0 aliphatic heterocycles. The zero-order valence-corrected chi connectivity index (χ0v) is 12.2. The third kappa shape index (κ3) is 4.60. The highest BCUT2D eigenvalue weighted by Gasteiger charge is 2.08. The molecule has 2 aromatic carbocycles. The number of hydrogen-bond acceptors (Lipinski definition) is 4.